The second-order valence-electron chi connectivity index (χ2n) is 4.43. The molecule has 0 saturated carbocycles. The average Bonchev–Trinajstić information content (AvgIpc) is 2.50. The summed E-state index contributed by atoms with van der Waals surface area (Å²) in [6.07, 6.45) is 0.920. The molecule has 0 aromatic carbocycles. The average molecular weight is 202 g/mol. The summed E-state index contributed by atoms with van der Waals surface area (Å²) < 4.78 is 5.37. The molecule has 1 aliphatic heterocycles. The van der Waals surface area contributed by atoms with E-state index < -0.39 is 0 Å². The molecule has 0 radical (unpaired) electrons. The van der Waals surface area contributed by atoms with Crippen molar-refractivity contribution in [2.45, 2.75) is 31.9 Å². The van der Waals surface area contributed by atoms with Crippen LogP contribution >= 0.6 is 11.8 Å². The van der Waals surface area contributed by atoms with Gasteiger partial charge in [-0.25, -0.2) is 0 Å². The lowest BCUT2D eigenvalue weighted by molar-refractivity contribution is -0.120. The lowest BCUT2D eigenvalue weighted by Crippen LogP contribution is -2.20. The molecule has 3 heteroatoms. The topological polar surface area (TPSA) is 26.3 Å². The number of carbonyl (C=O) groups is 1. The fraction of sp³-hybridized carbons (Fsp3) is 0.900. The normalized spacial score (nSPS) is 23.5. The third-order valence-corrected chi connectivity index (χ3v) is 3.33. The van der Waals surface area contributed by atoms with Crippen LogP contribution in [0.1, 0.15) is 27.2 Å². The summed E-state index contributed by atoms with van der Waals surface area (Å²) in [5.41, 5.74) is 0. The molecule has 1 unspecified atom stereocenters. The fourth-order valence-electron chi connectivity index (χ4n) is 1.19. The smallest absolute Gasteiger partial charge is 0.148 e. The molecule has 13 heavy (non-hydrogen) atoms. The van der Waals surface area contributed by atoms with Crippen LogP contribution in [0, 0.1) is 5.92 Å². The van der Waals surface area contributed by atoms with Gasteiger partial charge in [0.2, 0.25) is 0 Å². The van der Waals surface area contributed by atoms with Gasteiger partial charge >= 0.3 is 0 Å². The largest absolute Gasteiger partial charge is 0.381 e. The van der Waals surface area contributed by atoms with Crippen LogP contribution < -0.4 is 0 Å². The standard InChI is InChI=1S/C10H18O2S/c1-10(2,3)13-7-9(11)8-4-5-12-6-8/h8H,4-7H2,1-3H3. The van der Waals surface area contributed by atoms with Crippen LogP contribution in [0.3, 0.4) is 0 Å². The third-order valence-electron chi connectivity index (χ3n) is 2.03. The van der Waals surface area contributed by atoms with E-state index in [1.54, 1.807) is 11.8 Å². The lowest BCUT2D eigenvalue weighted by Gasteiger charge is -2.17. The van der Waals surface area contributed by atoms with Crippen molar-refractivity contribution in [2.75, 3.05) is 19.0 Å². The van der Waals surface area contributed by atoms with Gasteiger partial charge in [0.05, 0.1) is 12.4 Å². The first kappa shape index (κ1) is 11.1. The van der Waals surface area contributed by atoms with Gasteiger partial charge in [0, 0.05) is 17.3 Å². The quantitative estimate of drug-likeness (QED) is 0.701. The molecule has 1 heterocycles. The van der Waals surface area contributed by atoms with Crippen LogP contribution in [0.4, 0.5) is 0 Å². The van der Waals surface area contributed by atoms with Crippen molar-refractivity contribution in [3.05, 3.63) is 0 Å². The second kappa shape index (κ2) is 4.47. The molecular weight excluding hydrogens is 184 g/mol. The van der Waals surface area contributed by atoms with Gasteiger partial charge in [0.1, 0.15) is 5.78 Å². The van der Waals surface area contributed by atoms with E-state index in [2.05, 4.69) is 20.8 Å². The molecule has 0 amide bonds. The molecule has 2 nitrogen and oxygen atoms in total. The number of hydrogen-bond donors (Lipinski definition) is 0. The van der Waals surface area contributed by atoms with Crippen molar-refractivity contribution in [2.24, 2.45) is 5.92 Å². The van der Waals surface area contributed by atoms with E-state index in [0.717, 1.165) is 13.0 Å². The highest BCUT2D eigenvalue weighted by molar-refractivity contribution is 8.01. The molecule has 0 aliphatic carbocycles. The van der Waals surface area contributed by atoms with Crippen LogP contribution in [-0.4, -0.2) is 29.5 Å². The summed E-state index contributed by atoms with van der Waals surface area (Å²) in [5, 5.41) is 0. The maximum absolute atomic E-state index is 11.6. The molecule has 0 spiro atoms. The van der Waals surface area contributed by atoms with Gasteiger partial charge in [0.25, 0.3) is 0 Å². The van der Waals surface area contributed by atoms with E-state index >= 15 is 0 Å². The van der Waals surface area contributed by atoms with Crippen LogP contribution in [0.15, 0.2) is 0 Å². The number of Topliss-reactive ketones (excluding diaryl/α,β-unsaturated/α-hetero) is 1. The van der Waals surface area contributed by atoms with Crippen molar-refractivity contribution in [1.82, 2.24) is 0 Å². The van der Waals surface area contributed by atoms with Crippen LogP contribution in [0.2, 0.25) is 0 Å². The summed E-state index contributed by atoms with van der Waals surface area (Å²) in [6.45, 7) is 7.81. The minimum Gasteiger partial charge on any atom is -0.381 e. The van der Waals surface area contributed by atoms with E-state index in [4.69, 9.17) is 4.74 Å². The number of carbonyl (C=O) groups excluding carboxylic acids is 1. The first-order chi connectivity index (χ1) is 5.99. The van der Waals surface area contributed by atoms with E-state index in [1.807, 2.05) is 0 Å². The van der Waals surface area contributed by atoms with E-state index in [1.165, 1.54) is 0 Å². The van der Waals surface area contributed by atoms with Gasteiger partial charge in [-0.15, -0.1) is 11.8 Å². The number of ketones is 1. The first-order valence-corrected chi connectivity index (χ1v) is 5.72. The molecular formula is C10H18O2S. The zero-order valence-electron chi connectivity index (χ0n) is 8.63. The van der Waals surface area contributed by atoms with E-state index in [9.17, 15) is 4.79 Å². The number of hydrogen-bond acceptors (Lipinski definition) is 3. The molecule has 1 saturated heterocycles. The summed E-state index contributed by atoms with van der Waals surface area (Å²) in [4.78, 5) is 11.6. The molecule has 1 atom stereocenters. The number of ether oxygens (including phenoxy) is 1. The summed E-state index contributed by atoms with van der Waals surface area (Å²) in [5.74, 6) is 1.17. The Bertz CT molecular complexity index is 178. The van der Waals surface area contributed by atoms with Crippen molar-refractivity contribution in [1.29, 1.82) is 0 Å². The SMILES string of the molecule is CC(C)(C)SCC(=O)C1CCOC1. The monoisotopic (exact) mass is 202 g/mol. The maximum atomic E-state index is 11.6. The van der Waals surface area contributed by atoms with Gasteiger partial charge in [0.15, 0.2) is 0 Å². The summed E-state index contributed by atoms with van der Waals surface area (Å²) in [7, 11) is 0. The fourth-order valence-corrected chi connectivity index (χ4v) is 2.00. The van der Waals surface area contributed by atoms with E-state index in [0.29, 0.717) is 18.1 Å². The highest BCUT2D eigenvalue weighted by Gasteiger charge is 2.24. The maximum Gasteiger partial charge on any atom is 0.148 e. The Hall–Kier alpha value is -0.0200. The second-order valence-corrected chi connectivity index (χ2v) is 6.23. The zero-order chi connectivity index (χ0) is 9.90. The molecule has 0 N–H and O–H groups in total. The van der Waals surface area contributed by atoms with Crippen LogP contribution in [0.5, 0.6) is 0 Å². The Labute approximate surface area is 84.4 Å². The summed E-state index contributed by atoms with van der Waals surface area (Å²) in [6, 6.07) is 0. The predicted molar refractivity (Wildman–Crippen MR) is 56.1 cm³/mol. The van der Waals surface area contributed by atoms with Crippen molar-refractivity contribution in [3.8, 4) is 0 Å². The highest BCUT2D eigenvalue weighted by Crippen LogP contribution is 2.25. The predicted octanol–water partition coefficient (Wildman–Crippen LogP) is 2.12. The highest BCUT2D eigenvalue weighted by atomic mass is 32.2. The van der Waals surface area contributed by atoms with Gasteiger partial charge in [-0.2, -0.15) is 0 Å². The van der Waals surface area contributed by atoms with Crippen LogP contribution in [0.25, 0.3) is 0 Å². The van der Waals surface area contributed by atoms with Crippen molar-refractivity contribution < 1.29 is 9.53 Å². The first-order valence-electron chi connectivity index (χ1n) is 4.73. The zero-order valence-corrected chi connectivity index (χ0v) is 9.45. The van der Waals surface area contributed by atoms with Gasteiger partial charge < -0.3 is 4.74 Å². The van der Waals surface area contributed by atoms with Crippen LogP contribution in [-0.2, 0) is 9.53 Å². The minimum atomic E-state index is 0.176. The molecule has 0 aromatic heterocycles. The number of thioether (sulfide) groups is 1. The molecule has 1 fully saturated rings. The van der Waals surface area contributed by atoms with Gasteiger partial charge in [-0.1, -0.05) is 20.8 Å². The molecule has 1 rings (SSSR count). The number of rotatable bonds is 3. The molecule has 0 aromatic rings. The Kier molecular flexibility index (Phi) is 3.80. The molecule has 1 aliphatic rings. The van der Waals surface area contributed by atoms with Gasteiger partial charge in [-0.3, -0.25) is 4.79 Å². The molecule has 76 valence electrons. The van der Waals surface area contributed by atoms with Crippen molar-refractivity contribution in [3.63, 3.8) is 0 Å². The Balaban J connectivity index is 2.25. The Morgan fingerprint density at radius 1 is 1.54 bits per heavy atom. The minimum absolute atomic E-state index is 0.176. The third kappa shape index (κ3) is 4.14. The molecule has 0 bridgehead atoms. The van der Waals surface area contributed by atoms with E-state index in [-0.39, 0.29) is 10.7 Å². The summed E-state index contributed by atoms with van der Waals surface area (Å²) >= 11 is 1.72. The Morgan fingerprint density at radius 3 is 2.69 bits per heavy atom. The van der Waals surface area contributed by atoms with Crippen molar-refractivity contribution >= 4 is 17.5 Å². The Morgan fingerprint density at radius 2 is 2.23 bits per heavy atom. The lowest BCUT2D eigenvalue weighted by atomic mass is 10.1. The van der Waals surface area contributed by atoms with Gasteiger partial charge in [-0.05, 0) is 6.42 Å².